The molecule has 0 bridgehead atoms. The molecule has 0 fully saturated rings. The van der Waals surface area contributed by atoms with Gasteiger partial charge < -0.3 is 13.9 Å². The second-order valence-corrected chi connectivity index (χ2v) is 10.6. The molecular weight excluding hydrogens is 304 g/mol. The van der Waals surface area contributed by atoms with Gasteiger partial charge in [0.15, 0.2) is 0 Å². The molecule has 0 heterocycles. The van der Waals surface area contributed by atoms with Crippen LogP contribution in [0, 0.1) is 0 Å². The van der Waals surface area contributed by atoms with Gasteiger partial charge in [-0.05, 0) is 37.3 Å². The van der Waals surface area contributed by atoms with E-state index in [9.17, 15) is 0 Å². The number of para-hydroxylation sites is 1. The lowest BCUT2D eigenvalue weighted by Crippen LogP contribution is -2.24. The number of ether oxygens (including phenoxy) is 2. The zero-order chi connectivity index (χ0) is 16.7. The maximum atomic E-state index is 6.15. The fraction of sp³-hybridized carbons (Fsp3) is 0.263. The van der Waals surface area contributed by atoms with Gasteiger partial charge in [-0.15, -0.1) is 0 Å². The van der Waals surface area contributed by atoms with E-state index in [1.165, 1.54) is 0 Å². The van der Waals surface area contributed by atoms with Crippen molar-refractivity contribution in [2.24, 2.45) is 0 Å². The minimum absolute atomic E-state index is 0.519. The molecule has 0 aromatic heterocycles. The highest BCUT2D eigenvalue weighted by atomic mass is 28.4. The Kier molecular flexibility index (Phi) is 5.88. The van der Waals surface area contributed by atoms with E-state index in [4.69, 9.17) is 13.9 Å². The molecule has 23 heavy (non-hydrogen) atoms. The summed E-state index contributed by atoms with van der Waals surface area (Å²) in [5.41, 5.74) is 2.04. The minimum atomic E-state index is -1.75. The van der Waals surface area contributed by atoms with Crippen LogP contribution in [0.25, 0.3) is 5.76 Å². The molecule has 2 aromatic rings. The van der Waals surface area contributed by atoms with Crippen LogP contribution < -0.4 is 4.74 Å². The van der Waals surface area contributed by atoms with E-state index in [0.717, 1.165) is 22.6 Å². The summed E-state index contributed by atoms with van der Waals surface area (Å²) in [6, 6.07) is 18.0. The normalized spacial score (nSPS) is 11.9. The summed E-state index contributed by atoms with van der Waals surface area (Å²) >= 11 is 0. The van der Waals surface area contributed by atoms with Gasteiger partial charge in [0.1, 0.15) is 24.4 Å². The van der Waals surface area contributed by atoms with E-state index in [1.54, 1.807) is 13.4 Å². The molecule has 2 aromatic carbocycles. The predicted octanol–water partition coefficient (Wildman–Crippen LogP) is 5.06. The van der Waals surface area contributed by atoms with E-state index in [0.29, 0.717) is 6.61 Å². The van der Waals surface area contributed by atoms with E-state index in [2.05, 4.69) is 19.6 Å². The average molecular weight is 328 g/mol. The van der Waals surface area contributed by atoms with Crippen LogP contribution in [0.1, 0.15) is 11.1 Å². The van der Waals surface area contributed by atoms with Crippen molar-refractivity contribution >= 4 is 14.1 Å². The molecule has 2 rings (SSSR count). The van der Waals surface area contributed by atoms with Gasteiger partial charge in [-0.3, -0.25) is 0 Å². The van der Waals surface area contributed by atoms with Gasteiger partial charge in [0.25, 0.3) is 0 Å². The van der Waals surface area contributed by atoms with Crippen LogP contribution in [0.5, 0.6) is 5.75 Å². The Morgan fingerprint density at radius 2 is 1.61 bits per heavy atom. The summed E-state index contributed by atoms with van der Waals surface area (Å²) in [6.07, 6.45) is 1.64. The second-order valence-electron chi connectivity index (χ2n) is 6.20. The Morgan fingerprint density at radius 1 is 0.957 bits per heavy atom. The molecule has 3 nitrogen and oxygen atoms in total. The standard InChI is InChI=1S/C19H24O3Si/c1-20-15-19(22-23(2,3)4)17-12-8-9-13-18(17)21-14-16-10-6-5-7-11-16/h5-13,15H,14H2,1-4H3. The first-order valence-corrected chi connectivity index (χ1v) is 11.1. The molecule has 0 N–H and O–H groups in total. The maximum Gasteiger partial charge on any atom is 0.242 e. The predicted molar refractivity (Wildman–Crippen MR) is 96.6 cm³/mol. The Hall–Kier alpha value is -2.20. The van der Waals surface area contributed by atoms with Crippen molar-refractivity contribution in [1.29, 1.82) is 0 Å². The largest absolute Gasteiger partial charge is 0.542 e. The first-order valence-electron chi connectivity index (χ1n) is 7.68. The maximum absolute atomic E-state index is 6.15. The van der Waals surface area contributed by atoms with Gasteiger partial charge in [-0.2, -0.15) is 0 Å². The molecule has 0 aliphatic rings. The SMILES string of the molecule is COC=C(O[Si](C)(C)C)c1ccccc1OCc1ccccc1. The van der Waals surface area contributed by atoms with Crippen LogP contribution in [0.15, 0.2) is 60.9 Å². The van der Waals surface area contributed by atoms with Crippen molar-refractivity contribution in [3.05, 3.63) is 72.0 Å². The van der Waals surface area contributed by atoms with Crippen LogP contribution in [0.4, 0.5) is 0 Å². The molecular formula is C19H24O3Si. The second kappa shape index (κ2) is 7.88. The molecule has 0 spiro atoms. The number of benzene rings is 2. The fourth-order valence-corrected chi connectivity index (χ4v) is 2.93. The van der Waals surface area contributed by atoms with Crippen LogP contribution in [-0.2, 0) is 15.8 Å². The van der Waals surface area contributed by atoms with Crippen LogP contribution in [0.3, 0.4) is 0 Å². The molecule has 0 amide bonds. The average Bonchev–Trinajstić information content (AvgIpc) is 2.53. The first-order chi connectivity index (χ1) is 11.0. The van der Waals surface area contributed by atoms with Gasteiger partial charge in [0.2, 0.25) is 8.32 Å². The number of methoxy groups -OCH3 is 1. The molecule has 0 unspecified atom stereocenters. The third-order valence-corrected chi connectivity index (χ3v) is 3.86. The third kappa shape index (κ3) is 5.49. The highest BCUT2D eigenvalue weighted by molar-refractivity contribution is 6.70. The van der Waals surface area contributed by atoms with Gasteiger partial charge in [0.05, 0.1) is 12.7 Å². The Balaban J connectivity index is 2.23. The molecule has 122 valence electrons. The zero-order valence-corrected chi connectivity index (χ0v) is 15.2. The van der Waals surface area contributed by atoms with Gasteiger partial charge in [0, 0.05) is 0 Å². The molecule has 0 atom stereocenters. The fourth-order valence-electron chi connectivity index (χ4n) is 2.11. The van der Waals surface area contributed by atoms with Crippen LogP contribution in [-0.4, -0.2) is 15.4 Å². The van der Waals surface area contributed by atoms with Crippen LogP contribution in [0.2, 0.25) is 19.6 Å². The Morgan fingerprint density at radius 3 is 2.26 bits per heavy atom. The molecule has 0 saturated carbocycles. The number of hydrogen-bond acceptors (Lipinski definition) is 3. The van der Waals surface area contributed by atoms with Crippen molar-refractivity contribution in [2.75, 3.05) is 7.11 Å². The number of rotatable bonds is 7. The molecule has 4 heteroatoms. The van der Waals surface area contributed by atoms with Crippen molar-refractivity contribution in [3.8, 4) is 5.75 Å². The Labute approximate surface area is 139 Å². The lowest BCUT2D eigenvalue weighted by molar-refractivity contribution is 0.301. The summed E-state index contributed by atoms with van der Waals surface area (Å²) in [4.78, 5) is 0. The van der Waals surface area contributed by atoms with E-state index >= 15 is 0 Å². The molecule has 0 aliphatic carbocycles. The lowest BCUT2D eigenvalue weighted by atomic mass is 10.1. The summed E-state index contributed by atoms with van der Waals surface area (Å²) < 4.78 is 17.4. The topological polar surface area (TPSA) is 27.7 Å². The van der Waals surface area contributed by atoms with Gasteiger partial charge in [-0.1, -0.05) is 42.5 Å². The van der Waals surface area contributed by atoms with Crippen molar-refractivity contribution in [2.45, 2.75) is 26.2 Å². The van der Waals surface area contributed by atoms with Gasteiger partial charge in [-0.25, -0.2) is 0 Å². The van der Waals surface area contributed by atoms with Crippen LogP contribution >= 0.6 is 0 Å². The van der Waals surface area contributed by atoms with E-state index in [1.807, 2.05) is 54.6 Å². The summed E-state index contributed by atoms with van der Waals surface area (Å²) in [6.45, 7) is 6.95. The quantitative estimate of drug-likeness (QED) is 0.525. The third-order valence-electron chi connectivity index (χ3n) is 3.03. The monoisotopic (exact) mass is 328 g/mol. The first kappa shape index (κ1) is 17.2. The number of hydrogen-bond donors (Lipinski definition) is 0. The van der Waals surface area contributed by atoms with E-state index < -0.39 is 8.32 Å². The molecule has 0 aliphatic heterocycles. The smallest absolute Gasteiger partial charge is 0.242 e. The summed E-state index contributed by atoms with van der Waals surface area (Å²) in [5.74, 6) is 1.51. The zero-order valence-electron chi connectivity index (χ0n) is 14.2. The van der Waals surface area contributed by atoms with E-state index in [-0.39, 0.29) is 0 Å². The minimum Gasteiger partial charge on any atom is -0.542 e. The highest BCUT2D eigenvalue weighted by Crippen LogP contribution is 2.29. The van der Waals surface area contributed by atoms with Crippen molar-refractivity contribution < 1.29 is 13.9 Å². The summed E-state index contributed by atoms with van der Waals surface area (Å²) in [5, 5.41) is 0. The van der Waals surface area contributed by atoms with Gasteiger partial charge >= 0.3 is 0 Å². The highest BCUT2D eigenvalue weighted by Gasteiger charge is 2.21. The molecule has 0 saturated heterocycles. The summed E-state index contributed by atoms with van der Waals surface area (Å²) in [7, 11) is -0.128. The molecule has 0 radical (unpaired) electrons. The Bertz CT molecular complexity index is 645. The van der Waals surface area contributed by atoms with Crippen molar-refractivity contribution in [3.63, 3.8) is 0 Å². The van der Waals surface area contributed by atoms with Crippen molar-refractivity contribution in [1.82, 2.24) is 0 Å². The lowest BCUT2D eigenvalue weighted by Gasteiger charge is -2.23.